The Morgan fingerprint density at radius 2 is 0.693 bits per heavy atom. The van der Waals surface area contributed by atoms with E-state index in [1.807, 2.05) is 138 Å². The molecule has 0 heterocycles. The Morgan fingerprint density at radius 1 is 0.280 bits per heavy atom. The predicted octanol–water partition coefficient (Wildman–Crippen LogP) is 19.5. The predicted molar refractivity (Wildman–Crippen MR) is 290 cm³/mol. The Bertz CT molecular complexity index is 3930. The van der Waals surface area contributed by atoms with Crippen LogP contribution in [0.5, 0.6) is 0 Å². The van der Waals surface area contributed by atoms with Crippen LogP contribution < -0.4 is 9.80 Å². The second kappa shape index (κ2) is 17.5. The van der Waals surface area contributed by atoms with Gasteiger partial charge in [-0.15, -0.1) is 0 Å². The molecule has 0 aromatic heterocycles. The Labute approximate surface area is 429 Å². The maximum absolute atomic E-state index is 14.3. The van der Waals surface area contributed by atoms with E-state index in [0.29, 0.717) is 11.4 Å². The number of nitrogens with zero attached hydrogens (tertiary/aromatic N) is 2. The van der Waals surface area contributed by atoms with Crippen molar-refractivity contribution in [3.63, 3.8) is 0 Å². The van der Waals surface area contributed by atoms with Crippen molar-refractivity contribution in [3.05, 3.63) is 288 Å². The zero-order valence-electron chi connectivity index (χ0n) is 39.9. The first-order chi connectivity index (χ1) is 36.5. The van der Waals surface area contributed by atoms with Crippen molar-refractivity contribution in [1.29, 1.82) is 0 Å². The molecule has 2 nitrogen and oxygen atoms in total. The molecule has 0 N–H and O–H groups in total. The van der Waals surface area contributed by atoms with Gasteiger partial charge >= 0.3 is 12.4 Å². The maximum Gasteiger partial charge on any atom is 0.416 e. The zero-order chi connectivity index (χ0) is 51.1. The second-order valence-electron chi connectivity index (χ2n) is 19.0. The van der Waals surface area contributed by atoms with E-state index in [4.69, 9.17) is 0 Å². The van der Waals surface area contributed by atoms with Gasteiger partial charge in [0.2, 0.25) is 0 Å². The third kappa shape index (κ3) is 7.34. The fraction of sp³-hybridized carbons (Fsp3) is 0.0448. The van der Waals surface area contributed by atoms with Gasteiger partial charge in [-0.05, 0) is 140 Å². The fourth-order valence-electron chi connectivity index (χ4n) is 11.8. The number of fused-ring (bicyclic) bond motifs is 12. The molecule has 0 atom stereocenters. The number of benzene rings is 11. The molecular formula is C67H42F6N2. The van der Waals surface area contributed by atoms with Crippen molar-refractivity contribution < 1.29 is 26.3 Å². The smallest absolute Gasteiger partial charge is 0.310 e. The summed E-state index contributed by atoms with van der Waals surface area (Å²) in [7, 11) is 0. The fourth-order valence-corrected chi connectivity index (χ4v) is 11.8. The van der Waals surface area contributed by atoms with E-state index in [1.54, 1.807) is 12.1 Å². The van der Waals surface area contributed by atoms with Crippen molar-refractivity contribution in [2.75, 3.05) is 9.80 Å². The van der Waals surface area contributed by atoms with Gasteiger partial charge in [-0.3, -0.25) is 0 Å². The first kappa shape index (κ1) is 45.7. The minimum atomic E-state index is -4.54. The summed E-state index contributed by atoms with van der Waals surface area (Å²) < 4.78 is 85.6. The Hall–Kier alpha value is -9.14. The first-order valence-electron chi connectivity index (χ1n) is 24.6. The molecule has 0 saturated carbocycles. The lowest BCUT2D eigenvalue weighted by Gasteiger charge is -2.34. The average Bonchev–Trinajstić information content (AvgIpc) is 4.07. The van der Waals surface area contributed by atoms with Crippen LogP contribution in [0.2, 0.25) is 0 Å². The molecule has 0 unspecified atom stereocenters. The highest BCUT2D eigenvalue weighted by Gasteiger charge is 2.53. The van der Waals surface area contributed by atoms with E-state index in [2.05, 4.69) is 77.7 Å². The van der Waals surface area contributed by atoms with E-state index in [-0.39, 0.29) is 0 Å². The van der Waals surface area contributed by atoms with Crippen LogP contribution in [0.3, 0.4) is 0 Å². The third-order valence-electron chi connectivity index (χ3n) is 14.9. The van der Waals surface area contributed by atoms with Crippen LogP contribution in [0.4, 0.5) is 60.5 Å². The van der Waals surface area contributed by atoms with E-state index in [1.165, 1.54) is 12.1 Å². The van der Waals surface area contributed by atoms with Crippen LogP contribution in [-0.4, -0.2) is 0 Å². The summed E-state index contributed by atoms with van der Waals surface area (Å²) in [4.78, 5) is 4.13. The molecule has 0 aliphatic heterocycles. The summed E-state index contributed by atoms with van der Waals surface area (Å²) in [6.07, 6.45) is -9.08. The average molecular weight is 989 g/mol. The minimum absolute atomic E-state index is 0.541. The van der Waals surface area contributed by atoms with Gasteiger partial charge in [0.25, 0.3) is 0 Å². The highest BCUT2D eigenvalue weighted by atomic mass is 19.4. The Balaban J connectivity index is 1.12. The second-order valence-corrected chi connectivity index (χ2v) is 19.0. The number of rotatable bonds is 8. The van der Waals surface area contributed by atoms with Crippen LogP contribution in [0.25, 0.3) is 55.3 Å². The Kier molecular flexibility index (Phi) is 10.7. The maximum atomic E-state index is 14.3. The summed E-state index contributed by atoms with van der Waals surface area (Å²) >= 11 is 0. The van der Waals surface area contributed by atoms with Gasteiger partial charge in [0.15, 0.2) is 0 Å². The topological polar surface area (TPSA) is 6.48 Å². The quantitative estimate of drug-likeness (QED) is 0.140. The molecule has 362 valence electrons. The molecule has 11 aromatic rings. The van der Waals surface area contributed by atoms with Gasteiger partial charge in [0.05, 0.1) is 33.6 Å². The lowest BCUT2D eigenvalue weighted by atomic mass is 9.70. The molecule has 0 radical (unpaired) electrons. The monoisotopic (exact) mass is 988 g/mol. The number of hydrogen-bond acceptors (Lipinski definition) is 2. The number of hydrogen-bond donors (Lipinski definition) is 0. The van der Waals surface area contributed by atoms with Gasteiger partial charge in [0.1, 0.15) is 0 Å². The van der Waals surface area contributed by atoms with E-state index in [0.717, 1.165) is 125 Å². The molecule has 2 aliphatic carbocycles. The largest absolute Gasteiger partial charge is 0.416 e. The Morgan fingerprint density at radius 3 is 1.21 bits per heavy atom. The van der Waals surface area contributed by atoms with Crippen LogP contribution in [0.1, 0.15) is 33.4 Å². The summed E-state index contributed by atoms with van der Waals surface area (Å²) in [6.45, 7) is 0. The molecule has 0 saturated heterocycles. The molecule has 0 bridgehead atoms. The number of alkyl halides is 6. The zero-order valence-corrected chi connectivity index (χ0v) is 39.9. The van der Waals surface area contributed by atoms with Crippen molar-refractivity contribution in [2.24, 2.45) is 0 Å². The molecule has 0 fully saturated rings. The highest BCUT2D eigenvalue weighted by Crippen LogP contribution is 2.66. The third-order valence-corrected chi connectivity index (χ3v) is 14.9. The van der Waals surface area contributed by atoms with Crippen molar-refractivity contribution in [3.8, 4) is 44.5 Å². The van der Waals surface area contributed by atoms with Crippen LogP contribution in [0, 0.1) is 0 Å². The molecule has 13 rings (SSSR count). The van der Waals surface area contributed by atoms with Gasteiger partial charge in [0, 0.05) is 33.6 Å². The summed E-state index contributed by atoms with van der Waals surface area (Å²) in [5.74, 6) is 0. The van der Waals surface area contributed by atoms with E-state index in [9.17, 15) is 26.3 Å². The molecule has 11 aromatic carbocycles. The minimum Gasteiger partial charge on any atom is -0.310 e. The number of anilines is 6. The van der Waals surface area contributed by atoms with Crippen molar-refractivity contribution >= 4 is 44.9 Å². The lowest BCUT2D eigenvalue weighted by molar-refractivity contribution is -0.138. The van der Waals surface area contributed by atoms with Gasteiger partial charge in [-0.1, -0.05) is 176 Å². The van der Waals surface area contributed by atoms with E-state index >= 15 is 0 Å². The van der Waals surface area contributed by atoms with Crippen molar-refractivity contribution in [2.45, 2.75) is 17.8 Å². The van der Waals surface area contributed by atoms with Gasteiger partial charge in [-0.2, -0.15) is 26.3 Å². The first-order valence-corrected chi connectivity index (χ1v) is 24.6. The SMILES string of the molecule is FC(F)(F)c1ccc(N(c2ccc3c(c2)C2(c4ccccc4-c4ccccc42)c2cc(N(c4ccc(C(F)(F)F)cc4)c4ccccc4-c4ccccc4)c4ccccc4c2-3)c2ccccc2-c2ccccc2)cc1. The molecule has 0 amide bonds. The molecular weight excluding hydrogens is 947 g/mol. The van der Waals surface area contributed by atoms with E-state index < -0.39 is 28.9 Å². The normalized spacial score (nSPS) is 13.0. The molecule has 75 heavy (non-hydrogen) atoms. The summed E-state index contributed by atoms with van der Waals surface area (Å²) in [5, 5.41) is 1.83. The van der Waals surface area contributed by atoms with Crippen molar-refractivity contribution in [1.82, 2.24) is 0 Å². The van der Waals surface area contributed by atoms with Crippen LogP contribution >= 0.6 is 0 Å². The highest BCUT2D eigenvalue weighted by molar-refractivity contribution is 6.13. The van der Waals surface area contributed by atoms with Gasteiger partial charge < -0.3 is 9.80 Å². The van der Waals surface area contributed by atoms with Gasteiger partial charge in [-0.25, -0.2) is 0 Å². The molecule has 2 aliphatic rings. The summed E-state index contributed by atoms with van der Waals surface area (Å²) in [6, 6.07) is 80.3. The lowest BCUT2D eigenvalue weighted by Crippen LogP contribution is -2.26. The van der Waals surface area contributed by atoms with Crippen LogP contribution in [0.15, 0.2) is 255 Å². The molecule has 8 heteroatoms. The molecule has 1 spiro atoms. The standard InChI is InChI=1S/C67H42F6N2/c68-66(69,70)45-31-35-47(36-32-45)74(61-29-15-11-21-50(61)43-17-3-1-4-18-43)49-39-40-56-59(41-49)65(57-27-13-9-23-52(57)53-24-10-14-28-58(53)65)60-42-63(54-25-7-8-26-55(54)64(56)60)75(48-37-33-46(34-38-48)67(71,72)73)62-30-16-12-22-51(62)44-19-5-2-6-20-44/h1-42H. The van der Waals surface area contributed by atoms with Crippen LogP contribution in [-0.2, 0) is 17.8 Å². The summed E-state index contributed by atoms with van der Waals surface area (Å²) in [5.41, 5.74) is 13.6. The number of para-hydroxylation sites is 2. The number of halogens is 6.